The Morgan fingerprint density at radius 1 is 1.00 bits per heavy atom. The average Bonchev–Trinajstić information content (AvgIpc) is 2.57. The van der Waals surface area contributed by atoms with Crippen molar-refractivity contribution >= 4 is 5.82 Å². The molecule has 3 rings (SSSR count). The molecule has 0 aliphatic carbocycles. The van der Waals surface area contributed by atoms with Crippen molar-refractivity contribution in [1.82, 2.24) is 4.98 Å². The summed E-state index contributed by atoms with van der Waals surface area (Å²) < 4.78 is 0. The fourth-order valence-electron chi connectivity index (χ4n) is 2.76. The molecule has 1 aliphatic heterocycles. The van der Waals surface area contributed by atoms with E-state index in [1.165, 1.54) is 11.1 Å². The van der Waals surface area contributed by atoms with Gasteiger partial charge in [-0.1, -0.05) is 48.0 Å². The van der Waals surface area contributed by atoms with Crippen LogP contribution in [0.4, 0.5) is 5.82 Å². The van der Waals surface area contributed by atoms with Gasteiger partial charge in [0.15, 0.2) is 0 Å². The SMILES string of the molecule is NC(C=C1CCN(c2ccccn2)CC1)c1ccccc1. The normalized spacial score (nSPS) is 16.6. The second-order valence-electron chi connectivity index (χ2n) is 5.44. The Morgan fingerprint density at radius 3 is 2.38 bits per heavy atom. The maximum Gasteiger partial charge on any atom is 0.128 e. The molecular formula is C18H21N3. The molecule has 1 unspecified atom stereocenters. The summed E-state index contributed by atoms with van der Waals surface area (Å²) in [5.41, 5.74) is 8.90. The van der Waals surface area contributed by atoms with E-state index in [9.17, 15) is 0 Å². The Hall–Kier alpha value is -2.13. The van der Waals surface area contributed by atoms with Crippen LogP contribution in [-0.4, -0.2) is 18.1 Å². The van der Waals surface area contributed by atoms with Crippen LogP contribution in [0.1, 0.15) is 24.4 Å². The van der Waals surface area contributed by atoms with E-state index < -0.39 is 0 Å². The number of pyridine rings is 1. The Labute approximate surface area is 126 Å². The topological polar surface area (TPSA) is 42.1 Å². The van der Waals surface area contributed by atoms with Crippen LogP contribution in [-0.2, 0) is 0 Å². The molecule has 0 bridgehead atoms. The van der Waals surface area contributed by atoms with Gasteiger partial charge in [-0.2, -0.15) is 0 Å². The van der Waals surface area contributed by atoms with E-state index in [-0.39, 0.29) is 6.04 Å². The van der Waals surface area contributed by atoms with Gasteiger partial charge in [0.1, 0.15) is 5.82 Å². The first-order valence-corrected chi connectivity index (χ1v) is 7.49. The molecule has 3 heteroatoms. The van der Waals surface area contributed by atoms with Gasteiger partial charge in [-0.05, 0) is 30.5 Å². The number of hydrogen-bond acceptors (Lipinski definition) is 3. The van der Waals surface area contributed by atoms with Gasteiger partial charge in [0, 0.05) is 25.3 Å². The van der Waals surface area contributed by atoms with Gasteiger partial charge >= 0.3 is 0 Å². The molecule has 2 aromatic rings. The van der Waals surface area contributed by atoms with Gasteiger partial charge in [0.2, 0.25) is 0 Å². The van der Waals surface area contributed by atoms with Crippen LogP contribution in [0.25, 0.3) is 0 Å². The van der Waals surface area contributed by atoms with Gasteiger partial charge in [-0.25, -0.2) is 4.98 Å². The van der Waals surface area contributed by atoms with Gasteiger partial charge in [-0.15, -0.1) is 0 Å². The van der Waals surface area contributed by atoms with Crippen molar-refractivity contribution in [3.63, 3.8) is 0 Å². The lowest BCUT2D eigenvalue weighted by atomic mass is 9.98. The van der Waals surface area contributed by atoms with Crippen molar-refractivity contribution in [3.05, 3.63) is 71.9 Å². The van der Waals surface area contributed by atoms with E-state index in [0.717, 1.165) is 31.7 Å². The predicted molar refractivity (Wildman–Crippen MR) is 87.1 cm³/mol. The van der Waals surface area contributed by atoms with Crippen molar-refractivity contribution < 1.29 is 0 Å². The molecule has 1 aliphatic rings. The van der Waals surface area contributed by atoms with E-state index >= 15 is 0 Å². The molecule has 21 heavy (non-hydrogen) atoms. The molecule has 0 saturated carbocycles. The molecule has 0 radical (unpaired) electrons. The maximum atomic E-state index is 6.27. The van der Waals surface area contributed by atoms with Crippen molar-refractivity contribution in [2.24, 2.45) is 5.73 Å². The highest BCUT2D eigenvalue weighted by molar-refractivity contribution is 5.39. The summed E-state index contributed by atoms with van der Waals surface area (Å²) in [6.07, 6.45) is 6.21. The van der Waals surface area contributed by atoms with Gasteiger partial charge in [-0.3, -0.25) is 0 Å². The zero-order valence-electron chi connectivity index (χ0n) is 12.2. The molecule has 1 aromatic carbocycles. The molecule has 1 fully saturated rings. The second kappa shape index (κ2) is 6.55. The zero-order valence-corrected chi connectivity index (χ0v) is 12.2. The molecule has 2 heterocycles. The first-order valence-electron chi connectivity index (χ1n) is 7.49. The molecule has 1 aromatic heterocycles. The third-order valence-electron chi connectivity index (χ3n) is 3.98. The Balaban J connectivity index is 1.62. The van der Waals surface area contributed by atoms with E-state index in [4.69, 9.17) is 5.73 Å². The number of rotatable bonds is 3. The quantitative estimate of drug-likeness (QED) is 0.876. The van der Waals surface area contributed by atoms with Crippen LogP contribution in [0.15, 0.2) is 66.4 Å². The first kappa shape index (κ1) is 13.8. The van der Waals surface area contributed by atoms with Gasteiger partial charge < -0.3 is 10.6 Å². The summed E-state index contributed by atoms with van der Waals surface area (Å²) in [6.45, 7) is 2.04. The number of piperidine rings is 1. The third-order valence-corrected chi connectivity index (χ3v) is 3.98. The fraction of sp³-hybridized carbons (Fsp3) is 0.278. The minimum absolute atomic E-state index is 0.00241. The Kier molecular flexibility index (Phi) is 4.31. The zero-order chi connectivity index (χ0) is 14.5. The summed E-state index contributed by atoms with van der Waals surface area (Å²) in [7, 11) is 0. The Morgan fingerprint density at radius 2 is 1.71 bits per heavy atom. The monoisotopic (exact) mass is 279 g/mol. The molecule has 1 saturated heterocycles. The summed E-state index contributed by atoms with van der Waals surface area (Å²) in [5.74, 6) is 1.07. The van der Waals surface area contributed by atoms with Crippen LogP contribution in [0.2, 0.25) is 0 Å². The average molecular weight is 279 g/mol. The van der Waals surface area contributed by atoms with Crippen LogP contribution >= 0.6 is 0 Å². The highest BCUT2D eigenvalue weighted by Crippen LogP contribution is 2.23. The predicted octanol–water partition coefficient (Wildman–Crippen LogP) is 3.31. The summed E-state index contributed by atoms with van der Waals surface area (Å²) in [6, 6.07) is 16.3. The molecular weight excluding hydrogens is 258 g/mol. The number of nitrogens with zero attached hydrogens (tertiary/aromatic N) is 2. The van der Waals surface area contributed by atoms with E-state index in [1.807, 2.05) is 36.5 Å². The Bertz CT molecular complexity index is 582. The van der Waals surface area contributed by atoms with Crippen LogP contribution in [0, 0.1) is 0 Å². The standard InChI is InChI=1S/C18H21N3/c19-17(16-6-2-1-3-7-16)14-15-9-12-21(13-10-15)18-8-4-5-11-20-18/h1-8,11,14,17H,9-10,12-13,19H2. The lowest BCUT2D eigenvalue weighted by Gasteiger charge is -2.29. The van der Waals surface area contributed by atoms with Crippen molar-refractivity contribution in [1.29, 1.82) is 0 Å². The lowest BCUT2D eigenvalue weighted by molar-refractivity contribution is 0.668. The van der Waals surface area contributed by atoms with E-state index in [0.29, 0.717) is 0 Å². The van der Waals surface area contributed by atoms with Gasteiger partial charge in [0.05, 0.1) is 0 Å². The molecule has 1 atom stereocenters. The second-order valence-corrected chi connectivity index (χ2v) is 5.44. The molecule has 0 spiro atoms. The van der Waals surface area contributed by atoms with E-state index in [1.54, 1.807) is 0 Å². The highest BCUT2D eigenvalue weighted by Gasteiger charge is 2.15. The fourth-order valence-corrected chi connectivity index (χ4v) is 2.76. The van der Waals surface area contributed by atoms with Crippen LogP contribution in [0.3, 0.4) is 0 Å². The summed E-state index contributed by atoms with van der Waals surface area (Å²) in [4.78, 5) is 6.76. The lowest BCUT2D eigenvalue weighted by Crippen LogP contribution is -2.31. The number of nitrogens with two attached hydrogens (primary N) is 1. The molecule has 3 nitrogen and oxygen atoms in total. The highest BCUT2D eigenvalue weighted by atomic mass is 15.2. The summed E-state index contributed by atoms with van der Waals surface area (Å²) >= 11 is 0. The van der Waals surface area contributed by atoms with Gasteiger partial charge in [0.25, 0.3) is 0 Å². The summed E-state index contributed by atoms with van der Waals surface area (Å²) in [5, 5.41) is 0. The van der Waals surface area contributed by atoms with Crippen molar-refractivity contribution in [2.75, 3.05) is 18.0 Å². The minimum Gasteiger partial charge on any atom is -0.356 e. The van der Waals surface area contributed by atoms with Crippen LogP contribution in [0.5, 0.6) is 0 Å². The molecule has 2 N–H and O–H groups in total. The smallest absolute Gasteiger partial charge is 0.128 e. The van der Waals surface area contributed by atoms with E-state index in [2.05, 4.69) is 34.2 Å². The largest absolute Gasteiger partial charge is 0.356 e. The first-order chi connectivity index (χ1) is 10.3. The number of anilines is 1. The molecule has 0 amide bonds. The number of hydrogen-bond donors (Lipinski definition) is 1. The molecule has 108 valence electrons. The number of benzene rings is 1. The number of aromatic nitrogens is 1. The van der Waals surface area contributed by atoms with Crippen molar-refractivity contribution in [2.45, 2.75) is 18.9 Å². The third kappa shape index (κ3) is 3.50. The maximum absolute atomic E-state index is 6.27. The van der Waals surface area contributed by atoms with Crippen molar-refractivity contribution in [3.8, 4) is 0 Å². The minimum atomic E-state index is 0.00241. The van der Waals surface area contributed by atoms with Crippen LogP contribution < -0.4 is 10.6 Å².